The second kappa shape index (κ2) is 9.24. The Balaban J connectivity index is 1.41. The molecule has 6 aromatic carbocycles. The maximum atomic E-state index is 10.0. The van der Waals surface area contributed by atoms with Gasteiger partial charge < -0.3 is 8.83 Å². The van der Waals surface area contributed by atoms with E-state index in [1.165, 1.54) is 0 Å². The van der Waals surface area contributed by atoms with Gasteiger partial charge in [0.15, 0.2) is 0 Å². The molecule has 0 saturated heterocycles. The lowest BCUT2D eigenvalue weighted by Gasteiger charge is -2.13. The molecule has 8 rings (SSSR count). The molecular weight excluding hydrogens is 516 g/mol. The molecular formula is C38H20N2O2. The van der Waals surface area contributed by atoms with Crippen molar-refractivity contribution in [3.63, 3.8) is 0 Å². The smallest absolute Gasteiger partial charge is 0.136 e. The molecule has 42 heavy (non-hydrogen) atoms. The summed E-state index contributed by atoms with van der Waals surface area (Å²) in [5.41, 5.74) is 9.93. The van der Waals surface area contributed by atoms with Gasteiger partial charge in [-0.1, -0.05) is 60.7 Å². The minimum Gasteiger partial charge on any atom is -0.456 e. The van der Waals surface area contributed by atoms with Gasteiger partial charge in [-0.05, 0) is 94.0 Å². The van der Waals surface area contributed by atoms with Crippen LogP contribution in [0.5, 0.6) is 0 Å². The van der Waals surface area contributed by atoms with Crippen LogP contribution in [0.2, 0.25) is 0 Å². The molecule has 0 saturated carbocycles. The van der Waals surface area contributed by atoms with Crippen molar-refractivity contribution in [2.24, 2.45) is 0 Å². The van der Waals surface area contributed by atoms with Crippen LogP contribution >= 0.6 is 0 Å². The molecule has 0 aliphatic heterocycles. The number of hydrogen-bond acceptors (Lipinski definition) is 4. The summed E-state index contributed by atoms with van der Waals surface area (Å²) in [6.07, 6.45) is 0. The molecule has 0 aliphatic rings. The lowest BCUT2D eigenvalue weighted by molar-refractivity contribution is 0.668. The fraction of sp³-hybridized carbons (Fsp3) is 0. The van der Waals surface area contributed by atoms with E-state index in [1.54, 1.807) is 12.1 Å². The van der Waals surface area contributed by atoms with Gasteiger partial charge in [0.1, 0.15) is 22.3 Å². The standard InChI is InChI=1S/C38H20N2O2/c39-21-23-12-14-29(28(16-23)22-40)26-17-25(24-13-15-32-31-6-1-3-9-34(31)42-37(32)20-24)18-27(19-26)30-8-5-11-36-38(30)33-7-2-4-10-35(33)41-36/h1-20H. The molecule has 0 spiro atoms. The normalized spacial score (nSPS) is 11.3. The van der Waals surface area contributed by atoms with Crippen LogP contribution in [-0.2, 0) is 0 Å². The van der Waals surface area contributed by atoms with E-state index in [4.69, 9.17) is 8.83 Å². The van der Waals surface area contributed by atoms with Crippen LogP contribution in [0, 0.1) is 22.7 Å². The number of nitrogens with zero attached hydrogens (tertiary/aromatic N) is 2. The topological polar surface area (TPSA) is 73.9 Å². The Bertz CT molecular complexity index is 2450. The van der Waals surface area contributed by atoms with Crippen LogP contribution < -0.4 is 0 Å². The zero-order chi connectivity index (χ0) is 28.2. The summed E-state index contributed by atoms with van der Waals surface area (Å²) in [5.74, 6) is 0. The predicted molar refractivity (Wildman–Crippen MR) is 167 cm³/mol. The first-order chi connectivity index (χ1) is 20.7. The number of hydrogen-bond donors (Lipinski definition) is 0. The molecule has 2 aromatic heterocycles. The van der Waals surface area contributed by atoms with E-state index in [0.29, 0.717) is 11.1 Å². The Morgan fingerprint density at radius 2 is 1.10 bits per heavy atom. The molecule has 194 valence electrons. The Labute approximate surface area is 240 Å². The summed E-state index contributed by atoms with van der Waals surface area (Å²) in [6.45, 7) is 0. The van der Waals surface area contributed by atoms with E-state index in [0.717, 1.165) is 77.3 Å². The lowest BCUT2D eigenvalue weighted by Crippen LogP contribution is -1.90. The highest BCUT2D eigenvalue weighted by atomic mass is 16.3. The summed E-state index contributed by atoms with van der Waals surface area (Å²) in [6, 6.07) is 44.6. The van der Waals surface area contributed by atoms with Crippen molar-refractivity contribution in [2.75, 3.05) is 0 Å². The van der Waals surface area contributed by atoms with E-state index in [9.17, 15) is 10.5 Å². The second-order valence-electron chi connectivity index (χ2n) is 10.4. The monoisotopic (exact) mass is 536 g/mol. The maximum absolute atomic E-state index is 10.0. The summed E-state index contributed by atoms with van der Waals surface area (Å²) >= 11 is 0. The number of fused-ring (bicyclic) bond motifs is 6. The van der Waals surface area contributed by atoms with Gasteiger partial charge in [-0.3, -0.25) is 0 Å². The van der Waals surface area contributed by atoms with Crippen molar-refractivity contribution in [1.29, 1.82) is 10.5 Å². The van der Waals surface area contributed by atoms with E-state index in [2.05, 4.69) is 66.7 Å². The van der Waals surface area contributed by atoms with Crippen molar-refractivity contribution in [3.05, 3.63) is 132 Å². The number of benzene rings is 6. The Morgan fingerprint density at radius 1 is 0.429 bits per heavy atom. The second-order valence-corrected chi connectivity index (χ2v) is 10.4. The summed E-state index contributed by atoms with van der Waals surface area (Å²) in [5, 5.41) is 23.7. The highest BCUT2D eigenvalue weighted by Crippen LogP contribution is 2.41. The first kappa shape index (κ1) is 23.8. The molecule has 0 fully saturated rings. The van der Waals surface area contributed by atoms with Crippen molar-refractivity contribution in [3.8, 4) is 45.5 Å². The fourth-order valence-electron chi connectivity index (χ4n) is 5.98. The third-order valence-corrected chi connectivity index (χ3v) is 7.94. The third-order valence-electron chi connectivity index (χ3n) is 7.94. The first-order valence-electron chi connectivity index (χ1n) is 13.6. The molecule has 0 amide bonds. The van der Waals surface area contributed by atoms with E-state index in [-0.39, 0.29) is 0 Å². The van der Waals surface area contributed by atoms with Crippen molar-refractivity contribution >= 4 is 43.9 Å². The minimum atomic E-state index is 0.455. The molecule has 2 heterocycles. The molecule has 8 aromatic rings. The van der Waals surface area contributed by atoms with Gasteiger partial charge in [0.05, 0.1) is 23.3 Å². The highest BCUT2D eigenvalue weighted by Gasteiger charge is 2.16. The zero-order valence-electron chi connectivity index (χ0n) is 22.3. The van der Waals surface area contributed by atoms with Gasteiger partial charge in [-0.2, -0.15) is 10.5 Å². The van der Waals surface area contributed by atoms with E-state index < -0.39 is 0 Å². The summed E-state index contributed by atoms with van der Waals surface area (Å²) < 4.78 is 12.4. The quantitative estimate of drug-likeness (QED) is 0.225. The number of furan rings is 2. The minimum absolute atomic E-state index is 0.455. The summed E-state index contributed by atoms with van der Waals surface area (Å²) in [7, 11) is 0. The van der Waals surface area contributed by atoms with Gasteiger partial charge in [0.2, 0.25) is 0 Å². The SMILES string of the molecule is N#Cc1ccc(-c2cc(-c3ccc4c(c3)oc3ccccc34)cc(-c3cccc4oc5ccccc5c34)c2)c(C#N)c1. The van der Waals surface area contributed by atoms with Gasteiger partial charge in [0.25, 0.3) is 0 Å². The number of rotatable bonds is 3. The van der Waals surface area contributed by atoms with Crippen LogP contribution in [0.1, 0.15) is 11.1 Å². The van der Waals surface area contributed by atoms with Crippen molar-refractivity contribution in [1.82, 2.24) is 0 Å². The average Bonchev–Trinajstić information content (AvgIpc) is 3.62. The van der Waals surface area contributed by atoms with E-state index >= 15 is 0 Å². The fourth-order valence-corrected chi connectivity index (χ4v) is 5.98. The van der Waals surface area contributed by atoms with Crippen LogP contribution in [-0.4, -0.2) is 0 Å². The van der Waals surface area contributed by atoms with Crippen LogP contribution in [0.15, 0.2) is 130 Å². The van der Waals surface area contributed by atoms with E-state index in [1.807, 2.05) is 54.6 Å². The maximum Gasteiger partial charge on any atom is 0.136 e. The van der Waals surface area contributed by atoms with Crippen LogP contribution in [0.4, 0.5) is 0 Å². The average molecular weight is 537 g/mol. The van der Waals surface area contributed by atoms with Gasteiger partial charge in [-0.25, -0.2) is 0 Å². The van der Waals surface area contributed by atoms with Crippen LogP contribution in [0.25, 0.3) is 77.3 Å². The lowest BCUT2D eigenvalue weighted by atomic mass is 9.90. The van der Waals surface area contributed by atoms with Gasteiger partial charge in [0, 0.05) is 21.5 Å². The number of para-hydroxylation sites is 2. The largest absolute Gasteiger partial charge is 0.456 e. The van der Waals surface area contributed by atoms with Gasteiger partial charge >= 0.3 is 0 Å². The Hall–Kier alpha value is -6.10. The third kappa shape index (κ3) is 3.68. The first-order valence-corrected chi connectivity index (χ1v) is 13.6. The molecule has 0 aliphatic carbocycles. The molecule has 0 unspecified atom stereocenters. The van der Waals surface area contributed by atoms with Gasteiger partial charge in [-0.15, -0.1) is 0 Å². The molecule has 0 radical (unpaired) electrons. The zero-order valence-corrected chi connectivity index (χ0v) is 22.3. The molecule has 0 atom stereocenters. The highest BCUT2D eigenvalue weighted by molar-refractivity contribution is 6.13. The Morgan fingerprint density at radius 3 is 1.90 bits per heavy atom. The molecule has 4 heteroatoms. The van der Waals surface area contributed by atoms with Crippen LogP contribution in [0.3, 0.4) is 0 Å². The predicted octanol–water partition coefficient (Wildman–Crippen LogP) is 10.2. The number of nitriles is 2. The molecule has 4 nitrogen and oxygen atoms in total. The molecule has 0 N–H and O–H groups in total. The summed E-state index contributed by atoms with van der Waals surface area (Å²) in [4.78, 5) is 0. The van der Waals surface area contributed by atoms with Crippen molar-refractivity contribution in [2.45, 2.75) is 0 Å². The van der Waals surface area contributed by atoms with Crippen molar-refractivity contribution < 1.29 is 8.83 Å². The molecule has 0 bridgehead atoms. The Kier molecular flexibility index (Phi) is 5.22.